The van der Waals surface area contributed by atoms with Crippen LogP contribution in [-0.2, 0) is 11.2 Å². The van der Waals surface area contributed by atoms with Crippen LogP contribution in [0.4, 0.5) is 5.69 Å². The Balaban J connectivity index is 2.00. The summed E-state index contributed by atoms with van der Waals surface area (Å²) in [5.41, 5.74) is 1.78. The summed E-state index contributed by atoms with van der Waals surface area (Å²) in [6.07, 6.45) is 2.38. The molecule has 1 aromatic heterocycles. The number of amides is 1. The second-order valence-corrected chi connectivity index (χ2v) is 7.31. The monoisotopic (exact) mass is 404 g/mol. The first kappa shape index (κ1) is 14.8. The minimum Gasteiger partial charge on any atom is -0.326 e. The lowest BCUT2D eigenvalue weighted by Gasteiger charge is -2.04. The lowest BCUT2D eigenvalue weighted by molar-refractivity contribution is -0.115. The normalized spacial score (nSPS) is 10.5. The van der Waals surface area contributed by atoms with Crippen molar-refractivity contribution in [1.82, 2.24) is 4.98 Å². The predicted molar refractivity (Wildman–Crippen MR) is 90.1 cm³/mol. The van der Waals surface area contributed by atoms with E-state index in [0.29, 0.717) is 6.42 Å². The summed E-state index contributed by atoms with van der Waals surface area (Å²) >= 11 is 5.44. The predicted octanol–water partition coefficient (Wildman–Crippen LogP) is 3.96. The number of aromatic nitrogens is 1. The number of halogens is 1. The Kier molecular flexibility index (Phi) is 5.23. The first-order valence-corrected chi connectivity index (χ1v) is 8.76. The lowest BCUT2D eigenvalue weighted by Crippen LogP contribution is -2.14. The number of benzene rings is 1. The molecule has 0 saturated carbocycles. The first-order valence-electron chi connectivity index (χ1n) is 5.64. The number of nitrogens with one attached hydrogen (secondary N) is 1. The number of hydrogen-bond acceptors (Lipinski definition) is 4. The van der Waals surface area contributed by atoms with Gasteiger partial charge in [0.25, 0.3) is 0 Å². The molecule has 6 heteroatoms. The molecule has 0 radical (unpaired) electrons. The average Bonchev–Trinajstić information content (AvgIpc) is 2.73. The van der Waals surface area contributed by atoms with Gasteiger partial charge in [-0.25, -0.2) is 4.98 Å². The minimum atomic E-state index is 0.000566. The molecule has 2 aromatic rings. The van der Waals surface area contributed by atoms with Gasteiger partial charge in [-0.3, -0.25) is 4.79 Å². The lowest BCUT2D eigenvalue weighted by atomic mass is 10.2. The van der Waals surface area contributed by atoms with Gasteiger partial charge in [0.05, 0.1) is 12.1 Å². The van der Waals surface area contributed by atoms with Crippen LogP contribution in [0.25, 0.3) is 0 Å². The van der Waals surface area contributed by atoms with Crippen molar-refractivity contribution in [2.75, 3.05) is 11.6 Å². The maximum atomic E-state index is 12.0. The van der Waals surface area contributed by atoms with Gasteiger partial charge >= 0.3 is 0 Å². The Morgan fingerprint density at radius 3 is 2.68 bits per heavy atom. The summed E-state index contributed by atoms with van der Waals surface area (Å²) in [6.45, 7) is 1.95. The van der Waals surface area contributed by atoms with E-state index in [0.717, 1.165) is 24.2 Å². The third-order valence-corrected chi connectivity index (χ3v) is 5.36. The highest BCUT2D eigenvalue weighted by molar-refractivity contribution is 14.1. The minimum absolute atomic E-state index is 0.000566. The van der Waals surface area contributed by atoms with Crippen molar-refractivity contribution in [3.63, 3.8) is 0 Å². The Hall–Kier alpha value is -0.600. The van der Waals surface area contributed by atoms with Gasteiger partial charge in [0, 0.05) is 14.1 Å². The fourth-order valence-electron chi connectivity index (χ4n) is 1.54. The Labute approximate surface area is 134 Å². The van der Waals surface area contributed by atoms with Crippen LogP contribution in [0.2, 0.25) is 0 Å². The van der Waals surface area contributed by atoms with Crippen LogP contribution in [0.15, 0.2) is 28.6 Å². The number of thiazole rings is 1. The van der Waals surface area contributed by atoms with Gasteiger partial charge in [0.15, 0.2) is 0 Å². The van der Waals surface area contributed by atoms with Crippen molar-refractivity contribution in [2.45, 2.75) is 17.7 Å². The van der Waals surface area contributed by atoms with E-state index in [2.05, 4.69) is 32.9 Å². The van der Waals surface area contributed by atoms with E-state index in [1.807, 2.05) is 37.4 Å². The van der Waals surface area contributed by atoms with Gasteiger partial charge in [-0.05, 0) is 60.0 Å². The van der Waals surface area contributed by atoms with Gasteiger partial charge in [-0.1, -0.05) is 11.8 Å². The van der Waals surface area contributed by atoms with Gasteiger partial charge in [-0.2, -0.15) is 0 Å². The number of rotatable bonds is 4. The maximum Gasteiger partial charge on any atom is 0.229 e. The highest BCUT2D eigenvalue weighted by atomic mass is 127. The summed E-state index contributed by atoms with van der Waals surface area (Å²) in [4.78, 5) is 17.4. The quantitative estimate of drug-likeness (QED) is 0.620. The molecule has 0 aliphatic carbocycles. The molecule has 1 amide bonds. The third-order valence-electron chi connectivity index (χ3n) is 2.50. The fourth-order valence-corrected chi connectivity index (χ4v) is 3.55. The van der Waals surface area contributed by atoms with Crippen LogP contribution in [0, 0.1) is 10.5 Å². The van der Waals surface area contributed by atoms with Gasteiger partial charge < -0.3 is 5.32 Å². The zero-order valence-electron chi connectivity index (χ0n) is 10.6. The van der Waals surface area contributed by atoms with Crippen molar-refractivity contribution in [2.24, 2.45) is 0 Å². The molecular formula is C13H13IN2OS2. The van der Waals surface area contributed by atoms with Gasteiger partial charge in [0.2, 0.25) is 5.91 Å². The Bertz CT molecular complexity index is 581. The van der Waals surface area contributed by atoms with E-state index in [1.54, 1.807) is 23.1 Å². The Morgan fingerprint density at radius 2 is 2.11 bits per heavy atom. The molecule has 1 aromatic carbocycles. The number of aryl methyl sites for hydroxylation is 1. The molecule has 19 heavy (non-hydrogen) atoms. The largest absolute Gasteiger partial charge is 0.326 e. The number of nitrogens with zero attached hydrogens (tertiary/aromatic N) is 1. The third kappa shape index (κ3) is 4.19. The van der Waals surface area contributed by atoms with E-state index in [9.17, 15) is 4.79 Å². The summed E-state index contributed by atoms with van der Waals surface area (Å²) in [7, 11) is 0. The summed E-state index contributed by atoms with van der Waals surface area (Å²) < 4.78 is 2.16. The smallest absolute Gasteiger partial charge is 0.229 e. The molecule has 3 nitrogen and oxygen atoms in total. The van der Waals surface area contributed by atoms with Crippen molar-refractivity contribution < 1.29 is 4.79 Å². The van der Waals surface area contributed by atoms with Crippen molar-refractivity contribution in [3.8, 4) is 0 Å². The standard InChI is InChI=1S/C13H13IN2OS2/c1-8-11(19-13(15-8)18-2)7-12(17)16-10-5-3-9(14)4-6-10/h3-6H,7H2,1-2H3,(H,16,17). The molecule has 0 aliphatic heterocycles. The van der Waals surface area contributed by atoms with Crippen molar-refractivity contribution in [1.29, 1.82) is 0 Å². The molecule has 1 heterocycles. The first-order chi connectivity index (χ1) is 9.08. The van der Waals surface area contributed by atoms with Crippen molar-refractivity contribution >= 4 is 57.3 Å². The van der Waals surface area contributed by atoms with Crippen LogP contribution in [0.1, 0.15) is 10.6 Å². The maximum absolute atomic E-state index is 12.0. The van der Waals surface area contributed by atoms with Crippen LogP contribution < -0.4 is 5.32 Å². The second kappa shape index (κ2) is 6.71. The zero-order valence-corrected chi connectivity index (χ0v) is 14.4. The molecule has 0 unspecified atom stereocenters. The zero-order chi connectivity index (χ0) is 13.8. The van der Waals surface area contributed by atoms with Crippen LogP contribution in [0.3, 0.4) is 0 Å². The number of hydrogen-bond donors (Lipinski definition) is 1. The van der Waals surface area contributed by atoms with Crippen LogP contribution in [-0.4, -0.2) is 17.1 Å². The molecule has 0 atom stereocenters. The molecule has 0 saturated heterocycles. The van der Waals surface area contributed by atoms with Crippen LogP contribution >= 0.6 is 45.7 Å². The SMILES string of the molecule is CSc1nc(C)c(CC(=O)Nc2ccc(I)cc2)s1. The number of thioether (sulfide) groups is 1. The average molecular weight is 404 g/mol. The van der Waals surface area contributed by atoms with Crippen molar-refractivity contribution in [3.05, 3.63) is 38.4 Å². The second-order valence-electron chi connectivity index (χ2n) is 3.92. The molecule has 100 valence electrons. The number of anilines is 1. The summed E-state index contributed by atoms with van der Waals surface area (Å²) in [5.74, 6) is 0.000566. The topological polar surface area (TPSA) is 42.0 Å². The molecule has 0 aliphatic rings. The molecular weight excluding hydrogens is 391 g/mol. The van der Waals surface area contributed by atoms with Gasteiger partial charge in [0.1, 0.15) is 4.34 Å². The number of carbonyl (C=O) groups excluding carboxylic acids is 1. The molecule has 0 bridgehead atoms. The molecule has 1 N–H and O–H groups in total. The molecule has 2 rings (SSSR count). The fraction of sp³-hybridized carbons (Fsp3) is 0.231. The summed E-state index contributed by atoms with van der Waals surface area (Å²) in [6, 6.07) is 7.76. The van der Waals surface area contributed by atoms with E-state index >= 15 is 0 Å². The van der Waals surface area contributed by atoms with E-state index in [1.165, 1.54) is 0 Å². The van der Waals surface area contributed by atoms with Gasteiger partial charge in [-0.15, -0.1) is 11.3 Å². The Morgan fingerprint density at radius 1 is 1.42 bits per heavy atom. The van der Waals surface area contributed by atoms with E-state index < -0.39 is 0 Å². The number of carbonyl (C=O) groups is 1. The molecule has 0 fully saturated rings. The van der Waals surface area contributed by atoms with E-state index in [4.69, 9.17) is 0 Å². The highest BCUT2D eigenvalue weighted by Crippen LogP contribution is 2.25. The van der Waals surface area contributed by atoms with E-state index in [-0.39, 0.29) is 5.91 Å². The highest BCUT2D eigenvalue weighted by Gasteiger charge is 2.11. The summed E-state index contributed by atoms with van der Waals surface area (Å²) in [5, 5.41) is 2.90. The van der Waals surface area contributed by atoms with Crippen LogP contribution in [0.5, 0.6) is 0 Å². The molecule has 0 spiro atoms.